The lowest BCUT2D eigenvalue weighted by Gasteiger charge is -2.10. The number of halogens is 1. The average molecular weight is 366 g/mol. The Bertz CT molecular complexity index is 596. The third-order valence-corrected chi connectivity index (χ3v) is 4.04. The first-order valence-corrected chi connectivity index (χ1v) is 7.42. The molecular formula is C14H15IN4. The van der Waals surface area contributed by atoms with Crippen LogP contribution in [-0.4, -0.2) is 17.0 Å². The van der Waals surface area contributed by atoms with Gasteiger partial charge in [-0.1, -0.05) is 12.1 Å². The minimum absolute atomic E-state index is 0.616. The summed E-state index contributed by atoms with van der Waals surface area (Å²) < 4.78 is 1.18. The van der Waals surface area contributed by atoms with Gasteiger partial charge in [0.05, 0.1) is 11.4 Å². The van der Waals surface area contributed by atoms with E-state index in [1.807, 2.05) is 19.2 Å². The normalized spacial score (nSPS) is 14.2. The SMILES string of the molecule is CNc1nc(Nc2ccccc2I)cc(C2CC2)n1. The molecule has 0 bridgehead atoms. The van der Waals surface area contributed by atoms with Gasteiger partial charge in [0.25, 0.3) is 0 Å². The molecule has 0 amide bonds. The van der Waals surface area contributed by atoms with E-state index in [4.69, 9.17) is 0 Å². The van der Waals surface area contributed by atoms with Gasteiger partial charge in [0.15, 0.2) is 0 Å². The number of nitrogens with zero attached hydrogens (tertiary/aromatic N) is 2. The molecule has 0 spiro atoms. The van der Waals surface area contributed by atoms with Crippen LogP contribution in [0.5, 0.6) is 0 Å². The maximum Gasteiger partial charge on any atom is 0.224 e. The van der Waals surface area contributed by atoms with Crippen LogP contribution in [0.15, 0.2) is 30.3 Å². The van der Waals surface area contributed by atoms with Crippen LogP contribution in [0.1, 0.15) is 24.5 Å². The first-order valence-electron chi connectivity index (χ1n) is 6.34. The molecule has 98 valence electrons. The maximum atomic E-state index is 4.51. The highest BCUT2D eigenvalue weighted by molar-refractivity contribution is 14.1. The molecule has 2 N–H and O–H groups in total. The monoisotopic (exact) mass is 366 g/mol. The second kappa shape index (κ2) is 5.32. The second-order valence-corrected chi connectivity index (χ2v) is 5.79. The van der Waals surface area contributed by atoms with Gasteiger partial charge in [0.2, 0.25) is 5.95 Å². The van der Waals surface area contributed by atoms with Crippen molar-refractivity contribution in [2.75, 3.05) is 17.7 Å². The average Bonchev–Trinajstić information content (AvgIpc) is 3.25. The number of aromatic nitrogens is 2. The van der Waals surface area contributed by atoms with Gasteiger partial charge >= 0.3 is 0 Å². The molecule has 5 heteroatoms. The van der Waals surface area contributed by atoms with E-state index in [-0.39, 0.29) is 0 Å². The second-order valence-electron chi connectivity index (χ2n) is 4.63. The Morgan fingerprint density at radius 2 is 2.00 bits per heavy atom. The predicted octanol–water partition coefficient (Wildman–Crippen LogP) is 3.74. The lowest BCUT2D eigenvalue weighted by Crippen LogP contribution is -2.03. The van der Waals surface area contributed by atoms with Gasteiger partial charge in [-0.3, -0.25) is 0 Å². The molecule has 1 saturated carbocycles. The van der Waals surface area contributed by atoms with Gasteiger partial charge in [-0.25, -0.2) is 4.98 Å². The van der Waals surface area contributed by atoms with E-state index in [1.54, 1.807) is 0 Å². The van der Waals surface area contributed by atoms with E-state index in [0.717, 1.165) is 17.2 Å². The minimum atomic E-state index is 0.616. The van der Waals surface area contributed by atoms with Crippen molar-refractivity contribution in [3.8, 4) is 0 Å². The van der Waals surface area contributed by atoms with Crippen molar-refractivity contribution in [2.45, 2.75) is 18.8 Å². The molecule has 1 aromatic heterocycles. The zero-order chi connectivity index (χ0) is 13.2. The number of hydrogen-bond donors (Lipinski definition) is 2. The number of rotatable bonds is 4. The lowest BCUT2D eigenvalue weighted by molar-refractivity contribution is 0.991. The van der Waals surface area contributed by atoms with Gasteiger partial charge in [-0.2, -0.15) is 4.98 Å². The van der Waals surface area contributed by atoms with Crippen molar-refractivity contribution >= 4 is 40.0 Å². The number of benzene rings is 1. The summed E-state index contributed by atoms with van der Waals surface area (Å²) in [6.07, 6.45) is 2.48. The molecule has 3 rings (SSSR count). The summed E-state index contributed by atoms with van der Waals surface area (Å²) in [5, 5.41) is 6.40. The van der Waals surface area contributed by atoms with Crippen molar-refractivity contribution in [3.63, 3.8) is 0 Å². The molecule has 1 aliphatic carbocycles. The topological polar surface area (TPSA) is 49.8 Å². The molecule has 2 aromatic rings. The third kappa shape index (κ3) is 2.97. The molecule has 1 aromatic carbocycles. The van der Waals surface area contributed by atoms with Gasteiger partial charge in [-0.15, -0.1) is 0 Å². The summed E-state index contributed by atoms with van der Waals surface area (Å²) in [6, 6.07) is 10.2. The fourth-order valence-electron chi connectivity index (χ4n) is 1.93. The van der Waals surface area contributed by atoms with E-state index in [1.165, 1.54) is 16.4 Å². The summed E-state index contributed by atoms with van der Waals surface area (Å²) in [6.45, 7) is 0. The Morgan fingerprint density at radius 1 is 1.21 bits per heavy atom. The Hall–Kier alpha value is -1.37. The molecule has 4 nitrogen and oxygen atoms in total. The summed E-state index contributed by atoms with van der Waals surface area (Å²) in [5.74, 6) is 2.15. The van der Waals surface area contributed by atoms with Crippen molar-refractivity contribution < 1.29 is 0 Å². The van der Waals surface area contributed by atoms with Crippen molar-refractivity contribution in [1.82, 2.24) is 9.97 Å². The van der Waals surface area contributed by atoms with Crippen LogP contribution in [0, 0.1) is 3.57 Å². The standard InChI is InChI=1S/C14H15IN4/c1-16-14-18-12(9-6-7-9)8-13(19-14)17-11-5-3-2-4-10(11)15/h2-5,8-9H,6-7H2,1H3,(H2,16,17,18,19). The fourth-order valence-corrected chi connectivity index (χ4v) is 2.45. The molecular weight excluding hydrogens is 351 g/mol. The Balaban J connectivity index is 1.91. The van der Waals surface area contributed by atoms with E-state index < -0.39 is 0 Å². The largest absolute Gasteiger partial charge is 0.357 e. The zero-order valence-corrected chi connectivity index (χ0v) is 12.8. The smallest absolute Gasteiger partial charge is 0.224 e. The molecule has 1 fully saturated rings. The lowest BCUT2D eigenvalue weighted by atomic mass is 10.2. The summed E-state index contributed by atoms with van der Waals surface area (Å²) >= 11 is 2.32. The maximum absolute atomic E-state index is 4.51. The van der Waals surface area contributed by atoms with E-state index in [2.05, 4.69) is 61.4 Å². The van der Waals surface area contributed by atoms with Gasteiger partial charge in [0, 0.05) is 22.6 Å². The number of para-hydroxylation sites is 1. The first kappa shape index (κ1) is 12.7. The third-order valence-electron chi connectivity index (χ3n) is 3.10. The van der Waals surface area contributed by atoms with Crippen LogP contribution >= 0.6 is 22.6 Å². The predicted molar refractivity (Wildman–Crippen MR) is 86.0 cm³/mol. The van der Waals surface area contributed by atoms with Crippen LogP contribution in [-0.2, 0) is 0 Å². The summed E-state index contributed by atoms with van der Waals surface area (Å²) in [7, 11) is 1.85. The fraction of sp³-hybridized carbons (Fsp3) is 0.286. The molecule has 19 heavy (non-hydrogen) atoms. The molecule has 0 radical (unpaired) electrons. The zero-order valence-electron chi connectivity index (χ0n) is 10.7. The highest BCUT2D eigenvalue weighted by Crippen LogP contribution is 2.40. The van der Waals surface area contributed by atoms with Gasteiger partial charge in [-0.05, 0) is 47.6 Å². The molecule has 0 aliphatic heterocycles. The van der Waals surface area contributed by atoms with Crippen LogP contribution in [0.25, 0.3) is 0 Å². The minimum Gasteiger partial charge on any atom is -0.357 e. The Kier molecular flexibility index (Phi) is 3.54. The van der Waals surface area contributed by atoms with Crippen LogP contribution in [0.3, 0.4) is 0 Å². The van der Waals surface area contributed by atoms with Crippen molar-refractivity contribution in [1.29, 1.82) is 0 Å². The molecule has 1 heterocycles. The van der Waals surface area contributed by atoms with E-state index >= 15 is 0 Å². The van der Waals surface area contributed by atoms with Crippen molar-refractivity contribution in [3.05, 3.63) is 39.6 Å². The Labute approximate surface area is 126 Å². The molecule has 0 unspecified atom stereocenters. The Morgan fingerprint density at radius 3 is 2.68 bits per heavy atom. The quantitative estimate of drug-likeness (QED) is 0.810. The van der Waals surface area contributed by atoms with E-state index in [0.29, 0.717) is 11.9 Å². The van der Waals surface area contributed by atoms with Gasteiger partial charge in [0.1, 0.15) is 5.82 Å². The highest BCUT2D eigenvalue weighted by atomic mass is 127. The number of hydrogen-bond acceptors (Lipinski definition) is 4. The number of anilines is 3. The van der Waals surface area contributed by atoms with Gasteiger partial charge < -0.3 is 10.6 Å². The first-order chi connectivity index (χ1) is 9.26. The van der Waals surface area contributed by atoms with Crippen molar-refractivity contribution in [2.24, 2.45) is 0 Å². The van der Waals surface area contributed by atoms with Crippen LogP contribution < -0.4 is 10.6 Å². The molecule has 1 aliphatic rings. The summed E-state index contributed by atoms with van der Waals surface area (Å²) in [5.41, 5.74) is 2.21. The molecule has 0 saturated heterocycles. The van der Waals surface area contributed by atoms with E-state index in [9.17, 15) is 0 Å². The van der Waals surface area contributed by atoms with Crippen LogP contribution in [0.2, 0.25) is 0 Å². The molecule has 0 atom stereocenters. The summed E-state index contributed by atoms with van der Waals surface area (Å²) in [4.78, 5) is 8.98. The number of nitrogens with one attached hydrogen (secondary N) is 2. The van der Waals surface area contributed by atoms with Crippen LogP contribution in [0.4, 0.5) is 17.5 Å². The highest BCUT2D eigenvalue weighted by Gasteiger charge is 2.26.